The van der Waals surface area contributed by atoms with E-state index in [2.05, 4.69) is 22.0 Å². The third kappa shape index (κ3) is 2.41. The fraction of sp³-hybridized carbons (Fsp3) is 0.636. The van der Waals surface area contributed by atoms with Gasteiger partial charge in [0.1, 0.15) is 0 Å². The predicted molar refractivity (Wildman–Crippen MR) is 60.9 cm³/mol. The minimum absolute atomic E-state index is 0.248. The van der Waals surface area contributed by atoms with Crippen LogP contribution >= 0.6 is 0 Å². The van der Waals surface area contributed by atoms with Gasteiger partial charge in [0.05, 0.1) is 12.7 Å². The average molecular weight is 222 g/mol. The number of aryl methyl sites for hydroxylation is 1. The lowest BCUT2D eigenvalue weighted by molar-refractivity contribution is -0.119. The van der Waals surface area contributed by atoms with Crippen LogP contribution in [0.3, 0.4) is 0 Å². The van der Waals surface area contributed by atoms with Crippen molar-refractivity contribution in [3.8, 4) is 0 Å². The summed E-state index contributed by atoms with van der Waals surface area (Å²) in [7, 11) is 0. The lowest BCUT2D eigenvalue weighted by Gasteiger charge is -2.31. The van der Waals surface area contributed by atoms with E-state index in [0.29, 0.717) is 12.5 Å². The Morgan fingerprint density at radius 3 is 3.19 bits per heavy atom. The van der Waals surface area contributed by atoms with Crippen LogP contribution in [0.4, 0.5) is 0 Å². The van der Waals surface area contributed by atoms with Crippen LogP contribution in [0.15, 0.2) is 6.20 Å². The van der Waals surface area contributed by atoms with E-state index in [-0.39, 0.29) is 5.91 Å². The number of amides is 1. The molecular formula is C11H18N4O. The number of H-pyrrole nitrogens is 1. The second kappa shape index (κ2) is 4.65. The maximum Gasteiger partial charge on any atom is 0.231 e. The van der Waals surface area contributed by atoms with Crippen LogP contribution in [0.2, 0.25) is 0 Å². The molecule has 0 spiro atoms. The minimum atomic E-state index is -0.248. The summed E-state index contributed by atoms with van der Waals surface area (Å²) < 4.78 is 0. The number of nitrogens with one attached hydrogen (secondary N) is 1. The second-order valence-corrected chi connectivity index (χ2v) is 4.51. The van der Waals surface area contributed by atoms with Gasteiger partial charge in [0.25, 0.3) is 0 Å². The van der Waals surface area contributed by atoms with Crippen LogP contribution in [0.25, 0.3) is 0 Å². The van der Waals surface area contributed by atoms with Crippen LogP contribution in [0.1, 0.15) is 30.0 Å². The number of carbonyl (C=O) groups excluding carboxylic acids is 1. The molecule has 0 radical (unpaired) electrons. The summed E-state index contributed by atoms with van der Waals surface area (Å²) in [6.45, 7) is 4.29. The summed E-state index contributed by atoms with van der Waals surface area (Å²) in [5.74, 6) is 0.206. The first kappa shape index (κ1) is 11.1. The van der Waals surface area contributed by atoms with Crippen molar-refractivity contribution in [2.75, 3.05) is 19.6 Å². The molecule has 88 valence electrons. The molecule has 0 aliphatic carbocycles. The number of likely N-dealkylation sites (tertiary alicyclic amines) is 1. The van der Waals surface area contributed by atoms with Gasteiger partial charge in [0, 0.05) is 18.2 Å². The number of nitrogens with zero attached hydrogens (tertiary/aromatic N) is 2. The maximum atomic E-state index is 10.9. The van der Waals surface area contributed by atoms with Crippen LogP contribution in [-0.2, 0) is 4.79 Å². The monoisotopic (exact) mass is 222 g/mol. The highest BCUT2D eigenvalue weighted by molar-refractivity contribution is 5.75. The third-order valence-electron chi connectivity index (χ3n) is 3.16. The molecule has 1 aliphatic rings. The molecule has 16 heavy (non-hydrogen) atoms. The highest BCUT2D eigenvalue weighted by Gasteiger charge is 2.24. The Kier molecular flexibility index (Phi) is 3.24. The normalized spacial score (nSPS) is 22.2. The minimum Gasteiger partial charge on any atom is -0.369 e. The number of piperidine rings is 1. The van der Waals surface area contributed by atoms with Crippen molar-refractivity contribution < 1.29 is 4.79 Å². The molecule has 0 bridgehead atoms. The highest BCUT2D eigenvalue weighted by Crippen LogP contribution is 2.26. The van der Waals surface area contributed by atoms with E-state index in [9.17, 15) is 4.79 Å². The fourth-order valence-corrected chi connectivity index (χ4v) is 2.42. The number of hydrogen-bond acceptors (Lipinski definition) is 3. The molecule has 5 heteroatoms. The summed E-state index contributed by atoms with van der Waals surface area (Å²) in [6, 6.07) is 0. The number of aromatic amines is 1. The van der Waals surface area contributed by atoms with Crippen LogP contribution in [0, 0.1) is 6.92 Å². The Hall–Kier alpha value is -1.36. The maximum absolute atomic E-state index is 10.9. The van der Waals surface area contributed by atoms with Gasteiger partial charge in [-0.2, -0.15) is 5.10 Å². The fourth-order valence-electron chi connectivity index (χ4n) is 2.42. The van der Waals surface area contributed by atoms with E-state index in [4.69, 9.17) is 5.73 Å². The zero-order valence-corrected chi connectivity index (χ0v) is 9.57. The van der Waals surface area contributed by atoms with Crippen molar-refractivity contribution in [2.45, 2.75) is 25.7 Å². The molecule has 3 N–H and O–H groups in total. The summed E-state index contributed by atoms with van der Waals surface area (Å²) in [5, 5.41) is 7.10. The van der Waals surface area contributed by atoms with Crippen LogP contribution < -0.4 is 5.73 Å². The Morgan fingerprint density at radius 1 is 1.75 bits per heavy atom. The molecule has 1 fully saturated rings. The molecule has 1 aromatic rings. The second-order valence-electron chi connectivity index (χ2n) is 4.51. The average Bonchev–Trinajstić information content (AvgIpc) is 2.64. The third-order valence-corrected chi connectivity index (χ3v) is 3.16. The summed E-state index contributed by atoms with van der Waals surface area (Å²) in [6.07, 6.45) is 4.11. The number of primary amides is 1. The Bertz CT molecular complexity index is 374. The summed E-state index contributed by atoms with van der Waals surface area (Å²) >= 11 is 0. The molecule has 1 atom stereocenters. The van der Waals surface area contributed by atoms with Crippen molar-refractivity contribution in [3.05, 3.63) is 17.5 Å². The van der Waals surface area contributed by atoms with Gasteiger partial charge in [-0.15, -0.1) is 0 Å². The van der Waals surface area contributed by atoms with Crippen molar-refractivity contribution >= 4 is 5.91 Å². The van der Waals surface area contributed by atoms with E-state index >= 15 is 0 Å². The van der Waals surface area contributed by atoms with Gasteiger partial charge in [-0.05, 0) is 31.9 Å². The molecule has 1 amide bonds. The van der Waals surface area contributed by atoms with Gasteiger partial charge < -0.3 is 5.73 Å². The Balaban J connectivity index is 2.02. The highest BCUT2D eigenvalue weighted by atomic mass is 16.1. The molecule has 5 nitrogen and oxygen atoms in total. The van der Waals surface area contributed by atoms with Gasteiger partial charge in [-0.25, -0.2) is 0 Å². The molecule has 1 aliphatic heterocycles. The zero-order chi connectivity index (χ0) is 11.5. The van der Waals surface area contributed by atoms with Gasteiger partial charge in [-0.3, -0.25) is 14.8 Å². The summed E-state index contributed by atoms with van der Waals surface area (Å²) in [5.41, 5.74) is 7.62. The molecule has 2 heterocycles. The first-order valence-corrected chi connectivity index (χ1v) is 5.67. The molecule has 0 saturated carbocycles. The number of aromatic nitrogens is 2. The van der Waals surface area contributed by atoms with Crippen molar-refractivity contribution in [2.24, 2.45) is 5.73 Å². The topological polar surface area (TPSA) is 75.0 Å². The lowest BCUT2D eigenvalue weighted by atomic mass is 9.93. The quantitative estimate of drug-likeness (QED) is 0.776. The SMILES string of the molecule is Cc1cn[nH]c1[C@@H]1CCCN(CC(N)=O)C1. The standard InChI is InChI=1S/C11H18N4O/c1-8-5-13-14-11(8)9-3-2-4-15(6-9)7-10(12)16/h5,9H,2-4,6-7H2,1H3,(H2,12,16)(H,13,14)/t9-/m1/s1. The predicted octanol–water partition coefficient (Wildman–Crippen LogP) is 0.383. The van der Waals surface area contributed by atoms with E-state index in [1.54, 1.807) is 0 Å². The Labute approximate surface area is 95.0 Å². The van der Waals surface area contributed by atoms with Gasteiger partial charge in [0.15, 0.2) is 0 Å². The zero-order valence-electron chi connectivity index (χ0n) is 9.57. The first-order chi connectivity index (χ1) is 7.66. The van der Waals surface area contributed by atoms with Gasteiger partial charge in [-0.1, -0.05) is 0 Å². The lowest BCUT2D eigenvalue weighted by Crippen LogP contribution is -2.40. The smallest absolute Gasteiger partial charge is 0.231 e. The van der Waals surface area contributed by atoms with Crippen molar-refractivity contribution in [3.63, 3.8) is 0 Å². The first-order valence-electron chi connectivity index (χ1n) is 5.67. The van der Waals surface area contributed by atoms with E-state index < -0.39 is 0 Å². The Morgan fingerprint density at radius 2 is 2.56 bits per heavy atom. The number of hydrogen-bond donors (Lipinski definition) is 2. The van der Waals surface area contributed by atoms with Crippen LogP contribution in [0.5, 0.6) is 0 Å². The van der Waals surface area contributed by atoms with E-state index in [0.717, 1.165) is 25.9 Å². The van der Waals surface area contributed by atoms with Gasteiger partial charge in [0.2, 0.25) is 5.91 Å². The number of carbonyl (C=O) groups is 1. The number of rotatable bonds is 3. The van der Waals surface area contributed by atoms with Crippen molar-refractivity contribution in [1.82, 2.24) is 15.1 Å². The van der Waals surface area contributed by atoms with E-state index in [1.807, 2.05) is 6.20 Å². The van der Waals surface area contributed by atoms with Gasteiger partial charge >= 0.3 is 0 Å². The largest absolute Gasteiger partial charge is 0.369 e. The molecule has 1 saturated heterocycles. The molecule has 0 aromatic carbocycles. The van der Waals surface area contributed by atoms with Crippen LogP contribution in [-0.4, -0.2) is 40.6 Å². The molecule has 0 unspecified atom stereocenters. The number of nitrogens with two attached hydrogens (primary N) is 1. The van der Waals surface area contributed by atoms with Crippen molar-refractivity contribution in [1.29, 1.82) is 0 Å². The molecule has 2 rings (SSSR count). The molecular weight excluding hydrogens is 204 g/mol. The van der Waals surface area contributed by atoms with E-state index in [1.165, 1.54) is 11.3 Å². The molecule has 1 aromatic heterocycles. The summed E-state index contributed by atoms with van der Waals surface area (Å²) in [4.78, 5) is 13.0.